The molecule has 4 amide bonds. The lowest BCUT2D eigenvalue weighted by Crippen LogP contribution is -2.47. The monoisotopic (exact) mass is 1370 g/mol. The maximum atomic E-state index is 12.9. The van der Waals surface area contributed by atoms with E-state index in [0.29, 0.717) is 109 Å². The summed E-state index contributed by atoms with van der Waals surface area (Å²) in [5, 5.41) is 26.4. The van der Waals surface area contributed by atoms with Gasteiger partial charge in [-0.2, -0.15) is 13.2 Å². The molecule has 4 spiro atoms. The molecule has 12 heterocycles. The molecule has 4 fully saturated rings. The van der Waals surface area contributed by atoms with Gasteiger partial charge in [-0.25, -0.2) is 27.5 Å². The van der Waals surface area contributed by atoms with Gasteiger partial charge in [-0.15, -0.1) is 45.3 Å². The molecule has 0 N–H and O–H groups in total. The topological polar surface area (TPSA) is 193 Å². The van der Waals surface area contributed by atoms with Crippen molar-refractivity contribution in [1.82, 2.24) is 29.6 Å². The summed E-state index contributed by atoms with van der Waals surface area (Å²) < 4.78 is 87.9. The summed E-state index contributed by atoms with van der Waals surface area (Å²) in [6.07, 6.45) is 7.51. The standard InChI is InChI=1S/C17H24N2O2S.C16H20F2N2O2S.C15H18F3N3O2S.C15H19F2N3O2S/c1-13(2)5-6-16(20)19-9-7-17(8-10-19)12-14(18-21-17)15-4-3-11-22-15;1-15(17,18)5-4-14(21)20-8-6-16(7-9-20)11-12(19-22-16)13-3-2-10-23-13;16-15(17,18)3-1-2-12(22)21-7-4-14(5-8-21)10-11(20-23-14)13-19-6-9-24-13;1-14(16,17)3-2-12(21)20-7-4-15(5-8-20)10-11(19-22-15)13-18-6-9-23-13/h3-4,11,13H,5-10,12H2,1-2H3;2-3,10H,4-9,11H2,1H3;6,9H,1-5,7-8,10H2;6,9H,2-5,7-8,10H2,1H3. The zero-order valence-electron chi connectivity index (χ0n) is 52.4. The van der Waals surface area contributed by atoms with Crippen LogP contribution < -0.4 is 0 Å². The minimum absolute atomic E-state index is 0.0613. The van der Waals surface area contributed by atoms with Crippen molar-refractivity contribution in [3.63, 3.8) is 0 Å². The van der Waals surface area contributed by atoms with Crippen molar-refractivity contribution in [2.24, 2.45) is 26.5 Å². The van der Waals surface area contributed by atoms with Crippen molar-refractivity contribution in [2.45, 2.75) is 203 Å². The molecule has 18 nitrogen and oxygen atoms in total. The van der Waals surface area contributed by atoms with Crippen LogP contribution in [-0.4, -0.2) is 169 Å². The Labute approximate surface area is 547 Å². The first-order chi connectivity index (χ1) is 43.7. The zero-order chi connectivity index (χ0) is 65.8. The van der Waals surface area contributed by atoms with Crippen LogP contribution >= 0.6 is 45.3 Å². The molecule has 0 bridgehead atoms. The minimum atomic E-state index is -4.20. The summed E-state index contributed by atoms with van der Waals surface area (Å²) in [4.78, 5) is 88.8. The first kappa shape index (κ1) is 70.3. The highest BCUT2D eigenvalue weighted by atomic mass is 32.1. The second-order valence-corrected chi connectivity index (χ2v) is 29.3. The van der Waals surface area contributed by atoms with E-state index in [9.17, 15) is 49.9 Å². The Balaban J connectivity index is 0.000000145. The number of likely N-dealkylation sites (tertiary alicyclic amines) is 4. The lowest BCUT2D eigenvalue weighted by atomic mass is 9.86. The number of hydrogen-bond acceptors (Lipinski definition) is 18. The average molecular weight is 1370 g/mol. The highest BCUT2D eigenvalue weighted by molar-refractivity contribution is 7.13. The third-order valence-corrected chi connectivity index (χ3v) is 21.3. The molecule has 29 heteroatoms. The SMILES string of the molecule is CC(C)CCC(=O)N1CCC2(CC1)CC(c1cccs1)=NO2.CC(F)(F)CCC(=O)N1CCC2(CC1)CC(c1cccs1)=NO2.CC(F)(F)CCC(=O)N1CCC2(CC1)CC(c1nccs1)=NO2.O=C(CCCC(F)(F)F)N1CCC2(CC1)CC(c1nccs1)=NO2. The smallest absolute Gasteiger partial charge is 0.388 e. The summed E-state index contributed by atoms with van der Waals surface area (Å²) >= 11 is 6.37. The van der Waals surface area contributed by atoms with E-state index in [1.165, 1.54) is 27.6 Å². The Morgan fingerprint density at radius 3 is 1.09 bits per heavy atom. The number of rotatable bonds is 16. The molecule has 0 radical (unpaired) electrons. The summed E-state index contributed by atoms with van der Waals surface area (Å²) in [5.41, 5.74) is 2.44. The summed E-state index contributed by atoms with van der Waals surface area (Å²) in [6, 6.07) is 8.15. The number of nitrogens with zero attached hydrogens (tertiary/aromatic N) is 10. The number of thiazole rings is 2. The first-order valence-electron chi connectivity index (χ1n) is 31.5. The molecule has 0 aromatic carbocycles. The van der Waals surface area contributed by atoms with Gasteiger partial charge < -0.3 is 38.9 Å². The van der Waals surface area contributed by atoms with E-state index in [1.807, 2.05) is 39.2 Å². The number of alkyl halides is 7. The Hall–Kier alpha value is -6.07. The fourth-order valence-corrected chi connectivity index (χ4v) is 14.7. The van der Waals surface area contributed by atoms with Crippen molar-refractivity contribution in [1.29, 1.82) is 0 Å². The van der Waals surface area contributed by atoms with E-state index in [4.69, 9.17) is 19.4 Å². The van der Waals surface area contributed by atoms with Gasteiger partial charge in [0.15, 0.2) is 0 Å². The van der Waals surface area contributed by atoms with Crippen molar-refractivity contribution in [3.05, 3.63) is 77.9 Å². The second-order valence-electron chi connectivity index (χ2n) is 25.7. The largest absolute Gasteiger partial charge is 0.389 e. The molecule has 4 aromatic rings. The third-order valence-electron chi connectivity index (χ3n) is 17.8. The average Bonchev–Trinajstić information content (AvgIpc) is 1.66. The fourth-order valence-electron chi connectivity index (χ4n) is 12.1. The fraction of sp³-hybridized carbons (Fsp3) is 0.651. The van der Waals surface area contributed by atoms with Crippen LogP contribution in [-0.2, 0) is 38.5 Å². The van der Waals surface area contributed by atoms with Crippen LogP contribution in [0.1, 0.15) is 182 Å². The number of thiophene rings is 2. The van der Waals surface area contributed by atoms with Crippen molar-refractivity contribution in [2.75, 3.05) is 52.4 Å². The Kier molecular flexibility index (Phi) is 23.3. The quantitative estimate of drug-likeness (QED) is 0.0974. The van der Waals surface area contributed by atoms with E-state index >= 15 is 0 Å². The number of piperidine rings is 4. The lowest BCUT2D eigenvalue weighted by Gasteiger charge is -2.37. The van der Waals surface area contributed by atoms with Crippen LogP contribution in [0.25, 0.3) is 0 Å². The van der Waals surface area contributed by atoms with E-state index in [-0.39, 0.29) is 60.2 Å². The van der Waals surface area contributed by atoms with Crippen molar-refractivity contribution < 1.29 is 69.3 Å². The van der Waals surface area contributed by atoms with E-state index in [2.05, 4.69) is 55.9 Å². The van der Waals surface area contributed by atoms with Gasteiger partial charge in [0.05, 0.1) is 9.75 Å². The van der Waals surface area contributed by atoms with Crippen molar-refractivity contribution in [3.8, 4) is 0 Å². The van der Waals surface area contributed by atoms with Crippen LogP contribution in [0.5, 0.6) is 0 Å². The van der Waals surface area contributed by atoms with Crippen LogP contribution in [0.4, 0.5) is 30.7 Å². The first-order valence-corrected chi connectivity index (χ1v) is 35.0. The number of hydrogen-bond donors (Lipinski definition) is 0. The van der Waals surface area contributed by atoms with Crippen LogP contribution in [0.15, 0.2) is 78.8 Å². The maximum absolute atomic E-state index is 12.9. The van der Waals surface area contributed by atoms with Gasteiger partial charge >= 0.3 is 6.18 Å². The molecule has 4 saturated heterocycles. The van der Waals surface area contributed by atoms with Gasteiger partial charge in [0.2, 0.25) is 35.5 Å². The maximum Gasteiger partial charge on any atom is 0.389 e. The summed E-state index contributed by atoms with van der Waals surface area (Å²) in [5.74, 6) is -5.32. The number of carbonyl (C=O) groups excluding carboxylic acids is 4. The summed E-state index contributed by atoms with van der Waals surface area (Å²) in [7, 11) is 0. The predicted octanol–water partition coefficient (Wildman–Crippen LogP) is 13.8. The highest BCUT2D eigenvalue weighted by Crippen LogP contribution is 2.41. The third kappa shape index (κ3) is 20.0. The highest BCUT2D eigenvalue weighted by Gasteiger charge is 2.47. The van der Waals surface area contributed by atoms with Gasteiger partial charge in [-0.05, 0) is 55.5 Å². The molecule has 4 aromatic heterocycles. The molecule has 0 saturated carbocycles. The van der Waals surface area contributed by atoms with Gasteiger partial charge in [-0.1, -0.05) is 46.6 Å². The number of amides is 4. The molecule has 8 aliphatic heterocycles. The predicted molar refractivity (Wildman–Crippen MR) is 340 cm³/mol. The zero-order valence-corrected chi connectivity index (χ0v) is 55.6. The Morgan fingerprint density at radius 2 is 0.793 bits per heavy atom. The second kappa shape index (κ2) is 30.6. The molecular weight excluding hydrogens is 1290 g/mol. The minimum Gasteiger partial charge on any atom is -0.388 e. The molecule has 0 atom stereocenters. The van der Waals surface area contributed by atoms with E-state index in [0.717, 1.165) is 96.8 Å². The van der Waals surface area contributed by atoms with Gasteiger partial charge in [0, 0.05) is 198 Å². The number of aromatic nitrogens is 2. The van der Waals surface area contributed by atoms with Gasteiger partial charge in [0.1, 0.15) is 55.3 Å². The lowest BCUT2D eigenvalue weighted by molar-refractivity contribution is -0.143. The van der Waals surface area contributed by atoms with Crippen LogP contribution in [0.3, 0.4) is 0 Å². The van der Waals surface area contributed by atoms with Gasteiger partial charge in [-0.3, -0.25) is 19.2 Å². The molecule has 92 heavy (non-hydrogen) atoms. The molecule has 12 rings (SSSR count). The van der Waals surface area contributed by atoms with E-state index in [1.54, 1.807) is 49.8 Å². The Morgan fingerprint density at radius 1 is 0.467 bits per heavy atom. The van der Waals surface area contributed by atoms with Gasteiger partial charge in [0.25, 0.3) is 0 Å². The molecule has 504 valence electrons. The Bertz CT molecular complexity index is 3070. The van der Waals surface area contributed by atoms with Crippen LogP contribution in [0, 0.1) is 5.92 Å². The van der Waals surface area contributed by atoms with Crippen LogP contribution in [0.2, 0.25) is 0 Å². The molecule has 0 aliphatic carbocycles. The molecular formula is C63H81F7N10O8S4. The number of oxime groups is 4. The van der Waals surface area contributed by atoms with E-state index < -0.39 is 42.9 Å². The normalized spacial score (nSPS) is 20.3. The number of carbonyl (C=O) groups is 4. The summed E-state index contributed by atoms with van der Waals surface area (Å²) in [6.45, 7) is 10.7. The molecule has 8 aliphatic rings. The number of halogens is 7. The van der Waals surface area contributed by atoms with Crippen molar-refractivity contribution >= 4 is 91.8 Å². The molecule has 0 unspecified atom stereocenters.